The van der Waals surface area contributed by atoms with Gasteiger partial charge in [-0.05, 0) is 27.0 Å². The van der Waals surface area contributed by atoms with Crippen LogP contribution in [0.2, 0.25) is 0 Å². The highest BCUT2D eigenvalue weighted by Crippen LogP contribution is 2.15. The van der Waals surface area contributed by atoms with Gasteiger partial charge in [0.25, 0.3) is 0 Å². The van der Waals surface area contributed by atoms with Crippen LogP contribution in [0.5, 0.6) is 0 Å². The molecule has 2 heterocycles. The Kier molecular flexibility index (Phi) is 4.55. The summed E-state index contributed by atoms with van der Waals surface area (Å²) in [5.41, 5.74) is 3.42. The third-order valence-electron chi connectivity index (χ3n) is 2.99. The highest BCUT2D eigenvalue weighted by atomic mass is 32.1. The Hall–Kier alpha value is -1.40. The lowest BCUT2D eigenvalue weighted by Crippen LogP contribution is -2.23. The van der Waals surface area contributed by atoms with Gasteiger partial charge < -0.3 is 5.32 Å². The quantitative estimate of drug-likeness (QED) is 0.880. The van der Waals surface area contributed by atoms with E-state index in [1.54, 1.807) is 11.3 Å². The second-order valence-corrected chi connectivity index (χ2v) is 5.64. The summed E-state index contributed by atoms with van der Waals surface area (Å²) in [6.07, 6.45) is 0. The van der Waals surface area contributed by atoms with Crippen molar-refractivity contribution < 1.29 is 0 Å². The summed E-state index contributed by atoms with van der Waals surface area (Å²) in [7, 11) is 4.01. The molecule has 2 aromatic heterocycles. The average molecular weight is 279 g/mol. The van der Waals surface area contributed by atoms with Crippen molar-refractivity contribution in [1.82, 2.24) is 19.7 Å². The first kappa shape index (κ1) is 14.0. The predicted octanol–water partition coefficient (Wildman–Crippen LogP) is 2.13. The molecule has 0 bridgehead atoms. The Morgan fingerprint density at radius 2 is 2.21 bits per heavy atom. The molecule has 0 saturated carbocycles. The van der Waals surface area contributed by atoms with Gasteiger partial charge in [0.2, 0.25) is 0 Å². The molecule has 0 aliphatic heterocycles. The molecule has 1 N–H and O–H groups in total. The molecule has 0 saturated heterocycles. The molecule has 0 amide bonds. The molecular weight excluding hydrogens is 258 g/mol. The molecule has 0 aliphatic rings. The van der Waals surface area contributed by atoms with Gasteiger partial charge in [-0.2, -0.15) is 5.10 Å². The fraction of sp³-hybridized carbons (Fsp3) is 0.538. The minimum Gasteiger partial charge on any atom is -0.365 e. The van der Waals surface area contributed by atoms with Crippen LogP contribution in [0, 0.1) is 13.8 Å². The second kappa shape index (κ2) is 6.16. The number of anilines is 1. The van der Waals surface area contributed by atoms with Crippen LogP contribution in [0.4, 0.5) is 5.13 Å². The van der Waals surface area contributed by atoms with Crippen LogP contribution in [0.25, 0.3) is 0 Å². The van der Waals surface area contributed by atoms with Crippen molar-refractivity contribution in [2.24, 2.45) is 0 Å². The van der Waals surface area contributed by atoms with Gasteiger partial charge in [0.05, 0.1) is 17.9 Å². The zero-order chi connectivity index (χ0) is 13.8. The standard InChI is InChI=1S/C13H21N5S/c1-10-7-11(2)18(16-10)6-5-17(4)8-12-9-19-13(14-3)15-12/h7,9H,5-6,8H2,1-4H3,(H,14,15). The zero-order valence-corrected chi connectivity index (χ0v) is 12.8. The molecule has 0 aromatic carbocycles. The maximum absolute atomic E-state index is 4.49. The molecule has 5 nitrogen and oxygen atoms in total. The van der Waals surface area contributed by atoms with Gasteiger partial charge in [0.15, 0.2) is 5.13 Å². The number of aryl methyl sites for hydroxylation is 2. The van der Waals surface area contributed by atoms with Crippen molar-refractivity contribution in [3.63, 3.8) is 0 Å². The van der Waals surface area contributed by atoms with E-state index in [1.165, 1.54) is 5.69 Å². The SMILES string of the molecule is CNc1nc(CN(C)CCn2nc(C)cc2C)cs1. The lowest BCUT2D eigenvalue weighted by atomic mass is 10.4. The first-order valence-electron chi connectivity index (χ1n) is 6.40. The van der Waals surface area contributed by atoms with Crippen molar-refractivity contribution in [3.05, 3.63) is 28.5 Å². The second-order valence-electron chi connectivity index (χ2n) is 4.78. The van der Waals surface area contributed by atoms with Crippen molar-refractivity contribution in [1.29, 1.82) is 0 Å². The van der Waals surface area contributed by atoms with Crippen LogP contribution in [-0.4, -0.2) is 40.3 Å². The van der Waals surface area contributed by atoms with E-state index in [0.717, 1.165) is 36.2 Å². The molecule has 2 rings (SSSR count). The number of hydrogen-bond acceptors (Lipinski definition) is 5. The molecule has 0 radical (unpaired) electrons. The summed E-state index contributed by atoms with van der Waals surface area (Å²) < 4.78 is 2.06. The van der Waals surface area contributed by atoms with Crippen molar-refractivity contribution >= 4 is 16.5 Å². The molecule has 2 aromatic rings. The minimum atomic E-state index is 0.872. The molecule has 0 fully saturated rings. The Morgan fingerprint density at radius 3 is 2.79 bits per heavy atom. The molecule has 0 atom stereocenters. The smallest absolute Gasteiger partial charge is 0.182 e. The maximum Gasteiger partial charge on any atom is 0.182 e. The third kappa shape index (κ3) is 3.78. The van der Waals surface area contributed by atoms with E-state index in [2.05, 4.69) is 50.4 Å². The fourth-order valence-corrected chi connectivity index (χ4v) is 2.68. The first-order chi connectivity index (χ1) is 9.08. The Morgan fingerprint density at radius 1 is 1.42 bits per heavy atom. The van der Waals surface area contributed by atoms with Crippen molar-refractivity contribution in [2.45, 2.75) is 26.9 Å². The highest BCUT2D eigenvalue weighted by molar-refractivity contribution is 7.13. The van der Waals surface area contributed by atoms with Gasteiger partial charge in [0, 0.05) is 31.2 Å². The summed E-state index contributed by atoms with van der Waals surface area (Å²) >= 11 is 1.65. The molecule has 0 unspecified atom stereocenters. The molecule has 0 spiro atoms. The summed E-state index contributed by atoms with van der Waals surface area (Å²) in [6.45, 7) is 6.88. The van der Waals surface area contributed by atoms with Gasteiger partial charge in [-0.25, -0.2) is 4.98 Å². The first-order valence-corrected chi connectivity index (χ1v) is 7.28. The summed E-state index contributed by atoms with van der Waals surface area (Å²) in [6, 6.07) is 2.11. The number of aromatic nitrogens is 3. The monoisotopic (exact) mass is 279 g/mol. The summed E-state index contributed by atoms with van der Waals surface area (Å²) in [5.74, 6) is 0. The maximum atomic E-state index is 4.49. The lowest BCUT2D eigenvalue weighted by Gasteiger charge is -2.15. The van der Waals surface area contributed by atoms with Crippen molar-refractivity contribution in [3.8, 4) is 0 Å². The average Bonchev–Trinajstić information content (AvgIpc) is 2.93. The van der Waals surface area contributed by atoms with E-state index in [9.17, 15) is 0 Å². The molecule has 6 heteroatoms. The molecular formula is C13H21N5S. The van der Waals surface area contributed by atoms with E-state index in [4.69, 9.17) is 0 Å². The molecule has 19 heavy (non-hydrogen) atoms. The van der Waals surface area contributed by atoms with Gasteiger partial charge in [-0.1, -0.05) is 0 Å². The fourth-order valence-electron chi connectivity index (χ4n) is 2.02. The lowest BCUT2D eigenvalue weighted by molar-refractivity contribution is 0.301. The number of nitrogens with one attached hydrogen (secondary N) is 1. The largest absolute Gasteiger partial charge is 0.365 e. The van der Waals surface area contributed by atoms with Crippen LogP contribution in [0.1, 0.15) is 17.1 Å². The van der Waals surface area contributed by atoms with Gasteiger partial charge in [0.1, 0.15) is 0 Å². The Bertz CT molecular complexity index is 531. The van der Waals surface area contributed by atoms with Gasteiger partial charge in [-0.3, -0.25) is 9.58 Å². The minimum absolute atomic E-state index is 0.872. The topological polar surface area (TPSA) is 46.0 Å². The number of thiazole rings is 1. The molecule has 104 valence electrons. The van der Waals surface area contributed by atoms with E-state index in [-0.39, 0.29) is 0 Å². The predicted molar refractivity (Wildman–Crippen MR) is 79.7 cm³/mol. The van der Waals surface area contributed by atoms with Gasteiger partial charge in [-0.15, -0.1) is 11.3 Å². The van der Waals surface area contributed by atoms with E-state index in [1.807, 2.05) is 14.0 Å². The van der Waals surface area contributed by atoms with E-state index in [0.29, 0.717) is 0 Å². The third-order valence-corrected chi connectivity index (χ3v) is 3.90. The summed E-state index contributed by atoms with van der Waals surface area (Å²) in [4.78, 5) is 6.76. The summed E-state index contributed by atoms with van der Waals surface area (Å²) in [5, 5.41) is 10.6. The van der Waals surface area contributed by atoms with E-state index < -0.39 is 0 Å². The van der Waals surface area contributed by atoms with Crippen LogP contribution in [0.3, 0.4) is 0 Å². The number of rotatable bonds is 6. The van der Waals surface area contributed by atoms with Crippen LogP contribution in [-0.2, 0) is 13.1 Å². The van der Waals surface area contributed by atoms with Crippen LogP contribution >= 0.6 is 11.3 Å². The number of hydrogen-bond donors (Lipinski definition) is 1. The van der Waals surface area contributed by atoms with Crippen LogP contribution < -0.4 is 5.32 Å². The van der Waals surface area contributed by atoms with E-state index >= 15 is 0 Å². The van der Waals surface area contributed by atoms with Crippen molar-refractivity contribution in [2.75, 3.05) is 26.0 Å². The zero-order valence-electron chi connectivity index (χ0n) is 12.0. The molecule has 0 aliphatic carbocycles. The Balaban J connectivity index is 1.84. The van der Waals surface area contributed by atoms with Crippen LogP contribution in [0.15, 0.2) is 11.4 Å². The number of likely N-dealkylation sites (N-methyl/N-ethyl adjacent to an activating group) is 1. The highest BCUT2D eigenvalue weighted by Gasteiger charge is 2.06. The normalized spacial score (nSPS) is 11.2. The number of nitrogens with zero attached hydrogens (tertiary/aromatic N) is 4. The Labute approximate surface area is 118 Å². The van der Waals surface area contributed by atoms with Gasteiger partial charge >= 0.3 is 0 Å².